The number of nitrogens with one attached hydrogen (secondary N) is 2. The van der Waals surface area contributed by atoms with Crippen LogP contribution in [0.3, 0.4) is 0 Å². The molecule has 0 aliphatic carbocycles. The van der Waals surface area contributed by atoms with Gasteiger partial charge in [0.2, 0.25) is 5.91 Å². The maximum absolute atomic E-state index is 11.7. The minimum absolute atomic E-state index is 0.0237. The van der Waals surface area contributed by atoms with E-state index in [1.54, 1.807) is 11.3 Å². The first-order valence-corrected chi connectivity index (χ1v) is 7.48. The summed E-state index contributed by atoms with van der Waals surface area (Å²) < 4.78 is 5.24. The molecule has 1 atom stereocenters. The fraction of sp³-hybridized carbons (Fsp3) is 0.615. The zero-order valence-electron chi connectivity index (χ0n) is 10.8. The number of hydrogen-bond donors (Lipinski definition) is 3. The molecule has 0 saturated carbocycles. The van der Waals surface area contributed by atoms with Crippen LogP contribution in [0, 0.1) is 0 Å². The Hall–Kier alpha value is -0.950. The maximum atomic E-state index is 11.7. The van der Waals surface area contributed by atoms with E-state index in [1.807, 2.05) is 16.8 Å². The van der Waals surface area contributed by atoms with Gasteiger partial charge in [0.15, 0.2) is 0 Å². The van der Waals surface area contributed by atoms with Crippen molar-refractivity contribution in [1.82, 2.24) is 10.6 Å². The first-order chi connectivity index (χ1) is 9.25. The van der Waals surface area contributed by atoms with E-state index < -0.39 is 6.10 Å². The van der Waals surface area contributed by atoms with Crippen molar-refractivity contribution < 1.29 is 14.6 Å². The molecule has 1 aromatic rings. The lowest BCUT2D eigenvalue weighted by Crippen LogP contribution is -2.43. The predicted octanol–water partition coefficient (Wildman–Crippen LogP) is 0.666. The lowest BCUT2D eigenvalue weighted by molar-refractivity contribution is -0.121. The van der Waals surface area contributed by atoms with E-state index >= 15 is 0 Å². The molecule has 1 aliphatic heterocycles. The second-order valence-electron chi connectivity index (χ2n) is 4.66. The number of aliphatic hydroxyl groups excluding tert-OH is 1. The van der Waals surface area contributed by atoms with Crippen molar-refractivity contribution in [2.45, 2.75) is 25.0 Å². The Labute approximate surface area is 117 Å². The third kappa shape index (κ3) is 4.91. The lowest BCUT2D eigenvalue weighted by atomic mass is 10.1. The van der Waals surface area contributed by atoms with Gasteiger partial charge in [0.25, 0.3) is 0 Å². The fourth-order valence-corrected chi connectivity index (χ4v) is 2.73. The van der Waals surface area contributed by atoms with Crippen LogP contribution in [0.25, 0.3) is 0 Å². The summed E-state index contributed by atoms with van der Waals surface area (Å²) in [6, 6.07) is 2.11. The van der Waals surface area contributed by atoms with Gasteiger partial charge in [-0.25, -0.2) is 0 Å². The van der Waals surface area contributed by atoms with Gasteiger partial charge in [0.1, 0.15) is 0 Å². The third-order valence-electron chi connectivity index (χ3n) is 3.14. The highest BCUT2D eigenvalue weighted by Gasteiger charge is 2.16. The molecule has 2 rings (SSSR count). The number of hydrogen-bond acceptors (Lipinski definition) is 5. The van der Waals surface area contributed by atoms with Gasteiger partial charge in [-0.3, -0.25) is 4.79 Å². The summed E-state index contributed by atoms with van der Waals surface area (Å²) in [5.74, 6) is -0.0237. The molecule has 106 valence electrons. The summed E-state index contributed by atoms with van der Waals surface area (Å²) in [6.45, 7) is 2.06. The van der Waals surface area contributed by atoms with Gasteiger partial charge in [0, 0.05) is 25.8 Å². The van der Waals surface area contributed by atoms with Crippen molar-refractivity contribution in [3.05, 3.63) is 22.4 Å². The van der Waals surface area contributed by atoms with Crippen LogP contribution >= 0.6 is 11.3 Å². The molecule has 1 saturated heterocycles. The van der Waals surface area contributed by atoms with Crippen molar-refractivity contribution >= 4 is 17.2 Å². The van der Waals surface area contributed by atoms with Crippen LogP contribution in [0.15, 0.2) is 16.8 Å². The lowest BCUT2D eigenvalue weighted by Gasteiger charge is -2.23. The zero-order chi connectivity index (χ0) is 13.5. The highest BCUT2D eigenvalue weighted by molar-refractivity contribution is 7.07. The number of carbonyl (C=O) groups is 1. The van der Waals surface area contributed by atoms with Crippen LogP contribution in [0.1, 0.15) is 24.5 Å². The number of rotatable bonds is 6. The standard InChI is InChI=1S/C13H20N2O3S/c16-12(10-3-6-19-9-10)7-14-8-13(17)15-11-1-4-18-5-2-11/h3,6,9,11-12,14,16H,1-2,4-5,7-8H2,(H,15,17). The molecule has 1 fully saturated rings. The molecule has 1 aliphatic rings. The van der Waals surface area contributed by atoms with Gasteiger partial charge >= 0.3 is 0 Å². The minimum atomic E-state index is -0.554. The van der Waals surface area contributed by atoms with E-state index in [4.69, 9.17) is 4.74 Å². The van der Waals surface area contributed by atoms with E-state index in [9.17, 15) is 9.90 Å². The van der Waals surface area contributed by atoms with Crippen LogP contribution in [0.5, 0.6) is 0 Å². The quantitative estimate of drug-likeness (QED) is 0.718. The van der Waals surface area contributed by atoms with E-state index in [-0.39, 0.29) is 18.5 Å². The molecule has 5 nitrogen and oxygen atoms in total. The molecule has 0 radical (unpaired) electrons. The van der Waals surface area contributed by atoms with Crippen LogP contribution in [-0.4, -0.2) is 43.4 Å². The van der Waals surface area contributed by atoms with Crippen LogP contribution < -0.4 is 10.6 Å². The number of thiophene rings is 1. The summed E-state index contributed by atoms with van der Waals surface area (Å²) in [7, 11) is 0. The molecule has 1 aromatic heterocycles. The Morgan fingerprint density at radius 3 is 3.00 bits per heavy atom. The Balaban J connectivity index is 1.61. The predicted molar refractivity (Wildman–Crippen MR) is 74.1 cm³/mol. The molecule has 6 heteroatoms. The molecular formula is C13H20N2O3S. The monoisotopic (exact) mass is 284 g/mol. The first-order valence-electron chi connectivity index (χ1n) is 6.53. The fourth-order valence-electron chi connectivity index (χ4n) is 2.03. The Morgan fingerprint density at radius 1 is 1.53 bits per heavy atom. The van der Waals surface area contributed by atoms with Crippen LogP contribution in [0.2, 0.25) is 0 Å². The Bertz CT molecular complexity index is 377. The number of carbonyl (C=O) groups excluding carboxylic acids is 1. The van der Waals surface area contributed by atoms with E-state index in [0.717, 1.165) is 31.6 Å². The normalized spacial score (nSPS) is 18.2. The van der Waals surface area contributed by atoms with Gasteiger partial charge in [0.05, 0.1) is 12.6 Å². The molecule has 1 unspecified atom stereocenters. The summed E-state index contributed by atoms with van der Waals surface area (Å²) in [4.78, 5) is 11.7. The van der Waals surface area contributed by atoms with Gasteiger partial charge in [-0.1, -0.05) is 0 Å². The molecule has 19 heavy (non-hydrogen) atoms. The zero-order valence-corrected chi connectivity index (χ0v) is 11.6. The first kappa shape index (κ1) is 14.5. The molecule has 0 aromatic carbocycles. The Morgan fingerprint density at radius 2 is 2.32 bits per heavy atom. The smallest absolute Gasteiger partial charge is 0.234 e. The van der Waals surface area contributed by atoms with Crippen molar-refractivity contribution in [2.24, 2.45) is 0 Å². The second-order valence-corrected chi connectivity index (χ2v) is 5.44. The van der Waals surface area contributed by atoms with Gasteiger partial charge in [-0.15, -0.1) is 0 Å². The Kier molecular flexibility index (Phi) is 5.78. The maximum Gasteiger partial charge on any atom is 0.234 e. The largest absolute Gasteiger partial charge is 0.387 e. The molecule has 0 spiro atoms. The molecule has 2 heterocycles. The van der Waals surface area contributed by atoms with E-state index in [0.29, 0.717) is 6.54 Å². The van der Waals surface area contributed by atoms with Gasteiger partial charge in [-0.2, -0.15) is 11.3 Å². The van der Waals surface area contributed by atoms with E-state index in [1.165, 1.54) is 0 Å². The van der Waals surface area contributed by atoms with Gasteiger partial charge in [-0.05, 0) is 35.2 Å². The molecule has 1 amide bonds. The number of amides is 1. The highest BCUT2D eigenvalue weighted by atomic mass is 32.1. The van der Waals surface area contributed by atoms with E-state index in [2.05, 4.69) is 10.6 Å². The van der Waals surface area contributed by atoms with Crippen LogP contribution in [0.4, 0.5) is 0 Å². The summed E-state index contributed by atoms with van der Waals surface area (Å²) in [5.41, 5.74) is 0.891. The molecule has 0 bridgehead atoms. The number of ether oxygens (including phenoxy) is 1. The average Bonchev–Trinajstić information content (AvgIpc) is 2.93. The molecular weight excluding hydrogens is 264 g/mol. The highest BCUT2D eigenvalue weighted by Crippen LogP contribution is 2.14. The average molecular weight is 284 g/mol. The third-order valence-corrected chi connectivity index (χ3v) is 3.84. The summed E-state index contributed by atoms with van der Waals surface area (Å²) in [6.07, 6.45) is 1.20. The summed E-state index contributed by atoms with van der Waals surface area (Å²) in [5, 5.41) is 19.6. The topological polar surface area (TPSA) is 70.6 Å². The van der Waals surface area contributed by atoms with Crippen LogP contribution in [-0.2, 0) is 9.53 Å². The minimum Gasteiger partial charge on any atom is -0.387 e. The van der Waals surface area contributed by atoms with Gasteiger partial charge < -0.3 is 20.5 Å². The number of aliphatic hydroxyl groups is 1. The van der Waals surface area contributed by atoms with Crippen molar-refractivity contribution in [3.63, 3.8) is 0 Å². The summed E-state index contributed by atoms with van der Waals surface area (Å²) >= 11 is 1.55. The van der Waals surface area contributed by atoms with Crippen molar-refractivity contribution in [2.75, 3.05) is 26.3 Å². The van der Waals surface area contributed by atoms with Crippen molar-refractivity contribution in [3.8, 4) is 0 Å². The molecule has 3 N–H and O–H groups in total. The second kappa shape index (κ2) is 7.59. The van der Waals surface area contributed by atoms with Crippen molar-refractivity contribution in [1.29, 1.82) is 0 Å². The SMILES string of the molecule is O=C(CNCC(O)c1ccsc1)NC1CCOCC1.